The van der Waals surface area contributed by atoms with Crippen LogP contribution in [0, 0.1) is 16.2 Å². The van der Waals surface area contributed by atoms with Crippen molar-refractivity contribution in [2.45, 2.75) is 66.3 Å². The number of hydrogen-bond donors (Lipinski definition) is 2. The molecule has 3 atom stereocenters. The lowest BCUT2D eigenvalue weighted by Gasteiger charge is -2.40. The molecule has 2 fully saturated rings. The largest absolute Gasteiger partial charge is 0.478 e. The van der Waals surface area contributed by atoms with Gasteiger partial charge in [-0.05, 0) is 36.4 Å². The first-order valence-electron chi connectivity index (χ1n) is 11.0. The van der Waals surface area contributed by atoms with E-state index in [0.717, 1.165) is 30.2 Å². The number of benzene rings is 1. The van der Waals surface area contributed by atoms with Gasteiger partial charge in [0.15, 0.2) is 5.78 Å². The zero-order valence-electron chi connectivity index (χ0n) is 19.1. The molecule has 2 bridgehead atoms. The van der Waals surface area contributed by atoms with E-state index >= 15 is 0 Å². The Labute approximate surface area is 181 Å². The molecule has 0 heterocycles. The number of carboxylic acids is 1. The second-order valence-corrected chi connectivity index (χ2v) is 9.42. The first-order chi connectivity index (χ1) is 14.1. The number of hydrogen-bond acceptors (Lipinski definition) is 3. The topological polar surface area (TPSA) is 66.4 Å². The zero-order valence-corrected chi connectivity index (χ0v) is 19.1. The molecule has 4 nitrogen and oxygen atoms in total. The highest BCUT2D eigenvalue weighted by Crippen LogP contribution is 2.72. The minimum absolute atomic E-state index is 0.0415. The Balaban J connectivity index is 0.000000575. The summed E-state index contributed by atoms with van der Waals surface area (Å²) in [5, 5.41) is 11.4. The molecule has 1 aromatic rings. The number of fused-ring (bicyclic) bond motifs is 2. The first kappa shape index (κ1) is 24.1. The third-order valence-corrected chi connectivity index (χ3v) is 7.75. The van der Waals surface area contributed by atoms with Crippen LogP contribution in [0.2, 0.25) is 0 Å². The van der Waals surface area contributed by atoms with E-state index in [4.69, 9.17) is 5.11 Å². The summed E-state index contributed by atoms with van der Waals surface area (Å²) in [6.45, 7) is 15.3. The number of aliphatic carboxylic acids is 1. The summed E-state index contributed by atoms with van der Waals surface area (Å²) in [6.07, 6.45) is 7.65. The standard InChI is InChI=1S/C23H33NO.C3H4O2/c1-6-7-11-14-24-19-16-22(4)20(25)18(23(19,5)21(22,2)3)15-17-12-9-8-10-13-17;1-2-3(4)5/h8-10,12-13,15,19,24H,6-7,11,14,16H2,1-5H3;2H,1H2,(H,4,5). The van der Waals surface area contributed by atoms with Crippen LogP contribution in [0.25, 0.3) is 6.08 Å². The zero-order chi connectivity index (χ0) is 22.6. The summed E-state index contributed by atoms with van der Waals surface area (Å²) in [7, 11) is 0. The highest BCUT2D eigenvalue weighted by Gasteiger charge is 2.73. The van der Waals surface area contributed by atoms with Gasteiger partial charge >= 0.3 is 5.97 Å². The molecule has 2 saturated carbocycles. The van der Waals surface area contributed by atoms with Gasteiger partial charge in [0.1, 0.15) is 0 Å². The van der Waals surface area contributed by atoms with Gasteiger partial charge in [0, 0.05) is 28.5 Å². The van der Waals surface area contributed by atoms with Gasteiger partial charge in [-0.15, -0.1) is 0 Å². The van der Waals surface area contributed by atoms with Gasteiger partial charge in [-0.3, -0.25) is 4.79 Å². The van der Waals surface area contributed by atoms with Crippen molar-refractivity contribution in [3.8, 4) is 0 Å². The average Bonchev–Trinajstić information content (AvgIpc) is 2.94. The second kappa shape index (κ2) is 9.30. The Kier molecular flexibility index (Phi) is 7.46. The fourth-order valence-corrected chi connectivity index (χ4v) is 5.17. The molecule has 2 N–H and O–H groups in total. The lowest BCUT2D eigenvalue weighted by atomic mass is 9.64. The molecular formula is C26H37NO3. The summed E-state index contributed by atoms with van der Waals surface area (Å²) >= 11 is 0. The average molecular weight is 412 g/mol. The van der Waals surface area contributed by atoms with Crippen molar-refractivity contribution in [3.05, 3.63) is 54.1 Å². The van der Waals surface area contributed by atoms with Crippen LogP contribution >= 0.6 is 0 Å². The molecule has 0 saturated heterocycles. The van der Waals surface area contributed by atoms with E-state index in [1.54, 1.807) is 0 Å². The number of carbonyl (C=O) groups excluding carboxylic acids is 1. The Hall–Kier alpha value is -2.20. The Bertz CT molecular complexity index is 811. The van der Waals surface area contributed by atoms with Crippen molar-refractivity contribution in [2.75, 3.05) is 6.54 Å². The van der Waals surface area contributed by atoms with Crippen molar-refractivity contribution in [3.63, 3.8) is 0 Å². The SMILES string of the molecule is C=CC(=O)O.CCCCCNC1CC2(C)C(=O)C(=Cc3ccccc3)C1(C)C2(C)C. The maximum absolute atomic E-state index is 13.3. The van der Waals surface area contributed by atoms with Gasteiger partial charge in [0.05, 0.1) is 0 Å². The van der Waals surface area contributed by atoms with Crippen molar-refractivity contribution < 1.29 is 14.7 Å². The number of rotatable bonds is 7. The minimum atomic E-state index is -0.981. The molecule has 3 unspecified atom stereocenters. The molecule has 30 heavy (non-hydrogen) atoms. The van der Waals surface area contributed by atoms with Crippen LogP contribution < -0.4 is 5.32 Å². The smallest absolute Gasteiger partial charge is 0.327 e. The fourth-order valence-electron chi connectivity index (χ4n) is 5.17. The molecule has 1 aromatic carbocycles. The maximum Gasteiger partial charge on any atom is 0.327 e. The number of ketones is 1. The van der Waals surface area contributed by atoms with E-state index in [9.17, 15) is 9.59 Å². The second-order valence-electron chi connectivity index (χ2n) is 9.42. The molecule has 164 valence electrons. The number of Topliss-reactive ketones (excluding diaryl/α,β-unsaturated/α-hetero) is 1. The number of carboxylic acid groups (broad SMARTS) is 1. The van der Waals surface area contributed by atoms with E-state index in [1.165, 1.54) is 19.3 Å². The molecule has 4 heteroatoms. The summed E-state index contributed by atoms with van der Waals surface area (Å²) in [6, 6.07) is 10.7. The fraction of sp³-hybridized carbons (Fsp3) is 0.538. The van der Waals surface area contributed by atoms with Crippen LogP contribution in [0.15, 0.2) is 48.6 Å². The molecule has 2 aliphatic carbocycles. The van der Waals surface area contributed by atoms with E-state index < -0.39 is 5.97 Å². The molecule has 0 amide bonds. The van der Waals surface area contributed by atoms with E-state index in [2.05, 4.69) is 64.7 Å². The minimum Gasteiger partial charge on any atom is -0.478 e. The van der Waals surface area contributed by atoms with Crippen LogP contribution in [0.3, 0.4) is 0 Å². The Morgan fingerprint density at radius 3 is 2.30 bits per heavy atom. The first-order valence-corrected chi connectivity index (χ1v) is 11.0. The Morgan fingerprint density at radius 1 is 1.20 bits per heavy atom. The molecule has 2 aliphatic rings. The molecule has 0 aliphatic heterocycles. The summed E-state index contributed by atoms with van der Waals surface area (Å²) in [5.41, 5.74) is 1.71. The normalized spacial score (nSPS) is 30.1. The summed E-state index contributed by atoms with van der Waals surface area (Å²) in [4.78, 5) is 22.6. The van der Waals surface area contributed by atoms with Crippen LogP contribution in [-0.2, 0) is 9.59 Å². The predicted molar refractivity (Wildman–Crippen MR) is 123 cm³/mol. The van der Waals surface area contributed by atoms with Crippen LogP contribution in [0.4, 0.5) is 0 Å². The highest BCUT2D eigenvalue weighted by atomic mass is 16.4. The van der Waals surface area contributed by atoms with E-state index in [1.807, 2.05) is 18.2 Å². The van der Waals surface area contributed by atoms with Gasteiger partial charge in [0.25, 0.3) is 0 Å². The van der Waals surface area contributed by atoms with Crippen LogP contribution in [0.5, 0.6) is 0 Å². The quantitative estimate of drug-likeness (QED) is 0.459. The predicted octanol–water partition coefficient (Wildman–Crippen LogP) is 5.50. The van der Waals surface area contributed by atoms with Crippen molar-refractivity contribution in [1.29, 1.82) is 0 Å². The van der Waals surface area contributed by atoms with Gasteiger partial charge < -0.3 is 10.4 Å². The maximum atomic E-state index is 13.3. The van der Waals surface area contributed by atoms with Gasteiger partial charge in [-0.1, -0.05) is 84.4 Å². The lowest BCUT2D eigenvalue weighted by molar-refractivity contribution is -0.131. The van der Waals surface area contributed by atoms with Crippen molar-refractivity contribution in [1.82, 2.24) is 5.32 Å². The number of unbranched alkanes of at least 4 members (excludes halogenated alkanes) is 2. The molecule has 0 radical (unpaired) electrons. The Morgan fingerprint density at radius 2 is 1.80 bits per heavy atom. The van der Waals surface area contributed by atoms with Gasteiger partial charge in [-0.25, -0.2) is 4.79 Å². The van der Waals surface area contributed by atoms with Gasteiger partial charge in [-0.2, -0.15) is 0 Å². The van der Waals surface area contributed by atoms with Gasteiger partial charge in [0.2, 0.25) is 0 Å². The lowest BCUT2D eigenvalue weighted by Crippen LogP contribution is -2.46. The van der Waals surface area contributed by atoms with E-state index in [0.29, 0.717) is 11.8 Å². The van der Waals surface area contributed by atoms with Crippen molar-refractivity contribution >= 4 is 17.8 Å². The third kappa shape index (κ3) is 4.02. The van der Waals surface area contributed by atoms with Crippen LogP contribution in [0.1, 0.15) is 65.9 Å². The molecular weight excluding hydrogens is 374 g/mol. The van der Waals surface area contributed by atoms with Crippen LogP contribution in [-0.4, -0.2) is 29.4 Å². The number of nitrogens with one attached hydrogen (secondary N) is 1. The van der Waals surface area contributed by atoms with Crippen molar-refractivity contribution in [2.24, 2.45) is 16.2 Å². The molecule has 0 aromatic heterocycles. The summed E-state index contributed by atoms with van der Waals surface area (Å²) in [5.74, 6) is -0.625. The molecule has 0 spiro atoms. The monoisotopic (exact) mass is 411 g/mol. The third-order valence-electron chi connectivity index (χ3n) is 7.75. The highest BCUT2D eigenvalue weighted by molar-refractivity contribution is 6.09. The molecule has 3 rings (SSSR count). The summed E-state index contributed by atoms with van der Waals surface area (Å²) < 4.78 is 0. The van der Waals surface area contributed by atoms with E-state index in [-0.39, 0.29) is 16.2 Å². The number of carbonyl (C=O) groups is 2.